The van der Waals surface area contributed by atoms with E-state index in [1.54, 1.807) is 6.07 Å². The van der Waals surface area contributed by atoms with E-state index >= 15 is 0 Å². The number of nitrogens with two attached hydrogens (primary N) is 1. The van der Waals surface area contributed by atoms with Crippen molar-refractivity contribution in [3.63, 3.8) is 0 Å². The summed E-state index contributed by atoms with van der Waals surface area (Å²) in [6.07, 6.45) is 0. The highest BCUT2D eigenvalue weighted by molar-refractivity contribution is 9.10. The lowest BCUT2D eigenvalue weighted by Gasteiger charge is -2.04. The Kier molecular flexibility index (Phi) is 2.75. The first-order chi connectivity index (χ1) is 5.52. The lowest BCUT2D eigenvalue weighted by Crippen LogP contribution is -1.99. The van der Waals surface area contributed by atoms with Crippen molar-refractivity contribution in [2.75, 3.05) is 5.73 Å². The van der Waals surface area contributed by atoms with Gasteiger partial charge in [0.15, 0.2) is 0 Å². The van der Waals surface area contributed by atoms with E-state index < -0.39 is 5.24 Å². The van der Waals surface area contributed by atoms with E-state index in [1.807, 2.05) is 13.0 Å². The molecular formula is C8H7BrClNO. The van der Waals surface area contributed by atoms with E-state index in [0.717, 1.165) is 5.56 Å². The van der Waals surface area contributed by atoms with Crippen LogP contribution in [-0.4, -0.2) is 5.24 Å². The lowest BCUT2D eigenvalue weighted by molar-refractivity contribution is 0.108. The van der Waals surface area contributed by atoms with Gasteiger partial charge in [0, 0.05) is 4.47 Å². The Morgan fingerprint density at radius 2 is 2.17 bits per heavy atom. The number of nitrogen functional groups attached to an aromatic ring is 1. The van der Waals surface area contributed by atoms with E-state index in [4.69, 9.17) is 17.3 Å². The van der Waals surface area contributed by atoms with Crippen LogP contribution in [0, 0.1) is 6.92 Å². The summed E-state index contributed by atoms with van der Waals surface area (Å²) in [7, 11) is 0. The van der Waals surface area contributed by atoms with Gasteiger partial charge < -0.3 is 5.73 Å². The first kappa shape index (κ1) is 9.55. The van der Waals surface area contributed by atoms with Crippen molar-refractivity contribution >= 4 is 38.5 Å². The molecule has 1 aromatic rings. The normalized spacial score (nSPS) is 9.92. The van der Waals surface area contributed by atoms with Gasteiger partial charge in [0.25, 0.3) is 5.24 Å². The van der Waals surface area contributed by atoms with Gasteiger partial charge in [0.05, 0.1) is 11.3 Å². The number of anilines is 1. The molecule has 0 bridgehead atoms. The van der Waals surface area contributed by atoms with Crippen molar-refractivity contribution in [2.24, 2.45) is 0 Å². The summed E-state index contributed by atoms with van der Waals surface area (Å²) in [5, 5.41) is -0.531. The highest BCUT2D eigenvalue weighted by atomic mass is 79.9. The molecule has 1 rings (SSSR count). The van der Waals surface area contributed by atoms with Gasteiger partial charge in [-0.1, -0.05) is 0 Å². The third-order valence-electron chi connectivity index (χ3n) is 1.49. The van der Waals surface area contributed by atoms with Crippen LogP contribution in [0.2, 0.25) is 0 Å². The largest absolute Gasteiger partial charge is 0.397 e. The van der Waals surface area contributed by atoms with Gasteiger partial charge in [-0.25, -0.2) is 0 Å². The zero-order chi connectivity index (χ0) is 9.30. The Morgan fingerprint density at radius 3 is 2.67 bits per heavy atom. The molecule has 0 radical (unpaired) electrons. The fourth-order valence-electron chi connectivity index (χ4n) is 0.916. The quantitative estimate of drug-likeness (QED) is 0.613. The monoisotopic (exact) mass is 247 g/mol. The Hall–Kier alpha value is -0.540. The molecule has 0 aliphatic carbocycles. The van der Waals surface area contributed by atoms with Crippen molar-refractivity contribution in [1.29, 1.82) is 0 Å². The SMILES string of the molecule is Cc1cc(Br)c(N)c(C(=O)Cl)c1. The van der Waals surface area contributed by atoms with Gasteiger partial charge in [-0.2, -0.15) is 0 Å². The summed E-state index contributed by atoms with van der Waals surface area (Å²) < 4.78 is 0.700. The summed E-state index contributed by atoms with van der Waals surface area (Å²) in [4.78, 5) is 10.8. The van der Waals surface area contributed by atoms with Crippen LogP contribution in [-0.2, 0) is 0 Å². The van der Waals surface area contributed by atoms with Gasteiger partial charge in [-0.15, -0.1) is 0 Å². The summed E-state index contributed by atoms with van der Waals surface area (Å²) in [6, 6.07) is 3.49. The standard InChI is InChI=1S/C8H7BrClNO/c1-4-2-5(8(10)12)7(11)6(9)3-4/h2-3H,11H2,1H3. The number of rotatable bonds is 1. The van der Waals surface area contributed by atoms with Gasteiger partial charge >= 0.3 is 0 Å². The van der Waals surface area contributed by atoms with E-state index in [1.165, 1.54) is 0 Å². The number of benzene rings is 1. The predicted octanol–water partition coefficient (Wildman–Crippen LogP) is 2.72. The first-order valence-corrected chi connectivity index (χ1v) is 4.45. The molecule has 0 atom stereocenters. The topological polar surface area (TPSA) is 43.1 Å². The first-order valence-electron chi connectivity index (χ1n) is 3.28. The van der Waals surface area contributed by atoms with Crippen LogP contribution in [0.3, 0.4) is 0 Å². The molecule has 0 heterocycles. The molecule has 0 aromatic heterocycles. The number of hydrogen-bond donors (Lipinski definition) is 1. The molecule has 0 aliphatic heterocycles. The molecule has 12 heavy (non-hydrogen) atoms. The average Bonchev–Trinajstić information content (AvgIpc) is 1.96. The van der Waals surface area contributed by atoms with Crippen LogP contribution < -0.4 is 5.73 Å². The van der Waals surface area contributed by atoms with Gasteiger partial charge in [-0.05, 0) is 52.2 Å². The molecule has 2 nitrogen and oxygen atoms in total. The van der Waals surface area contributed by atoms with Gasteiger partial charge in [0.1, 0.15) is 0 Å². The maximum Gasteiger partial charge on any atom is 0.254 e. The smallest absolute Gasteiger partial charge is 0.254 e. The summed E-state index contributed by atoms with van der Waals surface area (Å²) in [5.41, 5.74) is 7.28. The van der Waals surface area contributed by atoms with Crippen LogP contribution >= 0.6 is 27.5 Å². The molecule has 4 heteroatoms. The second-order valence-electron chi connectivity index (χ2n) is 2.48. The maximum atomic E-state index is 10.8. The minimum atomic E-state index is -0.531. The highest BCUT2D eigenvalue weighted by Gasteiger charge is 2.09. The van der Waals surface area contributed by atoms with Crippen LogP contribution in [0.25, 0.3) is 0 Å². The van der Waals surface area contributed by atoms with Crippen molar-refractivity contribution < 1.29 is 4.79 Å². The molecule has 0 fully saturated rings. The number of aryl methyl sites for hydroxylation is 1. The molecule has 1 aromatic carbocycles. The van der Waals surface area contributed by atoms with Crippen LogP contribution in [0.4, 0.5) is 5.69 Å². The molecule has 0 saturated carbocycles. The van der Waals surface area contributed by atoms with Crippen molar-refractivity contribution in [1.82, 2.24) is 0 Å². The fraction of sp³-hybridized carbons (Fsp3) is 0.125. The molecule has 0 saturated heterocycles. The third kappa shape index (κ3) is 1.79. The van der Waals surface area contributed by atoms with E-state index in [9.17, 15) is 4.79 Å². The molecule has 0 aliphatic rings. The van der Waals surface area contributed by atoms with Crippen LogP contribution in [0.15, 0.2) is 16.6 Å². The van der Waals surface area contributed by atoms with E-state index in [2.05, 4.69) is 15.9 Å². The van der Waals surface area contributed by atoms with Gasteiger partial charge in [-0.3, -0.25) is 4.79 Å². The minimum absolute atomic E-state index is 0.351. The second kappa shape index (κ2) is 3.46. The minimum Gasteiger partial charge on any atom is -0.397 e. The van der Waals surface area contributed by atoms with Crippen LogP contribution in [0.5, 0.6) is 0 Å². The Bertz CT molecular complexity index is 338. The highest BCUT2D eigenvalue weighted by Crippen LogP contribution is 2.26. The number of carbonyl (C=O) groups is 1. The van der Waals surface area contributed by atoms with Crippen molar-refractivity contribution in [2.45, 2.75) is 6.92 Å². The molecular weight excluding hydrogens is 241 g/mol. The summed E-state index contributed by atoms with van der Waals surface area (Å²) in [5.74, 6) is 0. The van der Waals surface area contributed by atoms with Crippen molar-refractivity contribution in [3.8, 4) is 0 Å². The Morgan fingerprint density at radius 1 is 1.58 bits per heavy atom. The zero-order valence-corrected chi connectivity index (χ0v) is 8.74. The number of halogens is 2. The summed E-state index contributed by atoms with van der Waals surface area (Å²) in [6.45, 7) is 1.87. The zero-order valence-electron chi connectivity index (χ0n) is 6.40. The molecule has 0 amide bonds. The summed E-state index contributed by atoms with van der Waals surface area (Å²) >= 11 is 8.54. The molecule has 0 spiro atoms. The predicted molar refractivity (Wildman–Crippen MR) is 53.5 cm³/mol. The fourth-order valence-corrected chi connectivity index (χ4v) is 1.65. The second-order valence-corrected chi connectivity index (χ2v) is 3.68. The van der Waals surface area contributed by atoms with Crippen molar-refractivity contribution in [3.05, 3.63) is 27.7 Å². The lowest BCUT2D eigenvalue weighted by atomic mass is 10.1. The Balaban J connectivity index is 3.37. The average molecular weight is 249 g/mol. The number of carbonyl (C=O) groups excluding carboxylic acids is 1. The van der Waals surface area contributed by atoms with E-state index in [-0.39, 0.29) is 0 Å². The molecule has 0 unspecified atom stereocenters. The molecule has 2 N–H and O–H groups in total. The van der Waals surface area contributed by atoms with Gasteiger partial charge in [0.2, 0.25) is 0 Å². The molecule has 64 valence electrons. The number of hydrogen-bond acceptors (Lipinski definition) is 2. The Labute approximate surface area is 83.8 Å². The van der Waals surface area contributed by atoms with E-state index in [0.29, 0.717) is 15.7 Å². The maximum absolute atomic E-state index is 10.8. The third-order valence-corrected chi connectivity index (χ3v) is 2.35. The van der Waals surface area contributed by atoms with Crippen LogP contribution in [0.1, 0.15) is 15.9 Å².